The molecule has 162 valence electrons. The van der Waals surface area contributed by atoms with Crippen molar-refractivity contribution >= 4 is 40.0 Å². The molecular formula is C19H35IN4O3S. The molecule has 1 rings (SSSR count). The van der Waals surface area contributed by atoms with Gasteiger partial charge in [-0.1, -0.05) is 26.0 Å². The third-order valence-corrected chi connectivity index (χ3v) is 5.51. The molecule has 0 aromatic heterocycles. The van der Waals surface area contributed by atoms with Crippen molar-refractivity contribution in [3.05, 3.63) is 29.8 Å². The second-order valence-corrected chi connectivity index (χ2v) is 8.75. The van der Waals surface area contributed by atoms with Crippen LogP contribution in [0.25, 0.3) is 0 Å². The zero-order valence-corrected chi connectivity index (χ0v) is 20.6. The van der Waals surface area contributed by atoms with Gasteiger partial charge in [0, 0.05) is 33.3 Å². The Balaban J connectivity index is 0.00000729. The van der Waals surface area contributed by atoms with E-state index in [1.54, 1.807) is 25.2 Å². The first kappa shape index (κ1) is 27.1. The monoisotopic (exact) mass is 526 g/mol. The zero-order valence-electron chi connectivity index (χ0n) is 17.5. The van der Waals surface area contributed by atoms with Gasteiger partial charge < -0.3 is 15.4 Å². The molecule has 0 heterocycles. The summed E-state index contributed by atoms with van der Waals surface area (Å²) in [6.07, 6.45) is 2.22. The van der Waals surface area contributed by atoms with Crippen LogP contribution in [-0.2, 0) is 21.3 Å². The highest BCUT2D eigenvalue weighted by Gasteiger charge is 2.14. The molecule has 0 radical (unpaired) electrons. The van der Waals surface area contributed by atoms with E-state index in [1.165, 1.54) is 7.11 Å². The van der Waals surface area contributed by atoms with Crippen molar-refractivity contribution in [3.63, 3.8) is 0 Å². The molecule has 3 N–H and O–H groups in total. The topological polar surface area (TPSA) is 91.8 Å². The third kappa shape index (κ3) is 10.6. The summed E-state index contributed by atoms with van der Waals surface area (Å²) in [7, 11) is -0.277. The average molecular weight is 526 g/mol. The maximum Gasteiger partial charge on any atom is 0.240 e. The Kier molecular flexibility index (Phi) is 13.7. The third-order valence-electron chi connectivity index (χ3n) is 4.05. The molecule has 9 heteroatoms. The molecule has 1 aromatic rings. The second kappa shape index (κ2) is 14.1. The molecule has 1 atom stereocenters. The van der Waals surface area contributed by atoms with E-state index in [-0.39, 0.29) is 35.4 Å². The van der Waals surface area contributed by atoms with E-state index >= 15 is 0 Å². The molecular weight excluding hydrogens is 491 g/mol. The zero-order chi connectivity index (χ0) is 20.3. The van der Waals surface area contributed by atoms with Crippen molar-refractivity contribution < 1.29 is 13.2 Å². The van der Waals surface area contributed by atoms with E-state index in [9.17, 15) is 8.42 Å². The molecule has 0 amide bonds. The predicted octanol–water partition coefficient (Wildman–Crippen LogP) is 2.72. The number of sulfonamides is 1. The van der Waals surface area contributed by atoms with E-state index in [4.69, 9.17) is 4.74 Å². The highest BCUT2D eigenvalue weighted by atomic mass is 127. The number of nitrogens with one attached hydrogen (secondary N) is 3. The van der Waals surface area contributed by atoms with Crippen LogP contribution in [0.5, 0.6) is 0 Å². The molecule has 7 nitrogen and oxygen atoms in total. The average Bonchev–Trinajstić information content (AvgIpc) is 2.63. The number of hydrogen-bond acceptors (Lipinski definition) is 4. The predicted molar refractivity (Wildman–Crippen MR) is 126 cm³/mol. The number of aliphatic imine (C=N–C) groups is 1. The summed E-state index contributed by atoms with van der Waals surface area (Å²) in [6.45, 7) is 7.62. The Morgan fingerprint density at radius 2 is 1.93 bits per heavy atom. The SMILES string of the molecule is CN=C(NCc1cccc(S(=O)(=O)NCCOC)c1)NC(C)CCC(C)C.I. The van der Waals surface area contributed by atoms with Crippen LogP contribution in [0, 0.1) is 5.92 Å². The standard InChI is InChI=1S/C19H34N4O3S.HI/c1-15(2)9-10-16(3)23-19(20-4)21-14-17-7-6-8-18(13-17)27(24,25)22-11-12-26-5;/h6-8,13,15-16,22H,9-12,14H2,1-5H3,(H2,20,21,23);1H. The number of methoxy groups -OCH3 is 1. The molecule has 28 heavy (non-hydrogen) atoms. The van der Waals surface area contributed by atoms with Gasteiger partial charge >= 0.3 is 0 Å². The summed E-state index contributed by atoms with van der Waals surface area (Å²) in [6, 6.07) is 7.19. The molecule has 1 unspecified atom stereocenters. The summed E-state index contributed by atoms with van der Waals surface area (Å²) in [4.78, 5) is 4.48. The van der Waals surface area contributed by atoms with Crippen LogP contribution in [-0.4, -0.2) is 47.7 Å². The molecule has 0 saturated carbocycles. The van der Waals surface area contributed by atoms with Crippen molar-refractivity contribution in [1.82, 2.24) is 15.4 Å². The van der Waals surface area contributed by atoms with Crippen molar-refractivity contribution in [2.75, 3.05) is 27.3 Å². The normalized spacial score (nSPS) is 13.1. The van der Waals surface area contributed by atoms with E-state index in [0.29, 0.717) is 31.1 Å². The van der Waals surface area contributed by atoms with Crippen LogP contribution >= 0.6 is 24.0 Å². The van der Waals surface area contributed by atoms with E-state index < -0.39 is 10.0 Å². The molecule has 0 bridgehead atoms. The summed E-state index contributed by atoms with van der Waals surface area (Å²) in [5.74, 6) is 1.38. The number of benzene rings is 1. The molecule has 0 aliphatic carbocycles. The Labute approximate surface area is 187 Å². The van der Waals surface area contributed by atoms with Gasteiger partial charge in [-0.15, -0.1) is 24.0 Å². The number of guanidine groups is 1. The second-order valence-electron chi connectivity index (χ2n) is 6.98. The Bertz CT molecular complexity index is 696. The number of nitrogens with zero attached hydrogens (tertiary/aromatic N) is 1. The summed E-state index contributed by atoms with van der Waals surface area (Å²) in [5.41, 5.74) is 0.863. The van der Waals surface area contributed by atoms with Gasteiger partial charge in [-0.3, -0.25) is 4.99 Å². The molecule has 0 fully saturated rings. The first-order valence-electron chi connectivity index (χ1n) is 9.33. The molecule has 0 saturated heterocycles. The lowest BCUT2D eigenvalue weighted by atomic mass is 10.0. The molecule has 1 aromatic carbocycles. The fourth-order valence-corrected chi connectivity index (χ4v) is 3.54. The summed E-state index contributed by atoms with van der Waals surface area (Å²) >= 11 is 0. The molecule has 0 spiro atoms. The fraction of sp³-hybridized carbons (Fsp3) is 0.632. The highest BCUT2D eigenvalue weighted by molar-refractivity contribution is 14.0. The van der Waals surface area contributed by atoms with Gasteiger partial charge in [0.2, 0.25) is 10.0 Å². The van der Waals surface area contributed by atoms with Gasteiger partial charge in [-0.05, 0) is 43.4 Å². The van der Waals surface area contributed by atoms with Crippen LogP contribution in [0.1, 0.15) is 39.2 Å². The first-order valence-corrected chi connectivity index (χ1v) is 10.8. The molecule has 0 aliphatic rings. The summed E-state index contributed by atoms with van der Waals surface area (Å²) < 4.78 is 32.0. The fourth-order valence-electron chi connectivity index (χ4n) is 2.45. The van der Waals surface area contributed by atoms with E-state index in [2.05, 4.69) is 41.1 Å². The van der Waals surface area contributed by atoms with Gasteiger partial charge in [-0.2, -0.15) is 0 Å². The van der Waals surface area contributed by atoms with Gasteiger partial charge in [0.15, 0.2) is 5.96 Å². The van der Waals surface area contributed by atoms with Crippen molar-refractivity contribution in [3.8, 4) is 0 Å². The minimum absolute atomic E-state index is 0. The van der Waals surface area contributed by atoms with Crippen molar-refractivity contribution in [2.24, 2.45) is 10.9 Å². The summed E-state index contributed by atoms with van der Waals surface area (Å²) in [5, 5.41) is 6.60. The Morgan fingerprint density at radius 1 is 1.21 bits per heavy atom. The van der Waals surface area contributed by atoms with Crippen molar-refractivity contribution in [2.45, 2.75) is 51.1 Å². The first-order chi connectivity index (χ1) is 12.8. The van der Waals surface area contributed by atoms with Gasteiger partial charge in [0.25, 0.3) is 0 Å². The van der Waals surface area contributed by atoms with Crippen LogP contribution in [0.15, 0.2) is 34.2 Å². The Morgan fingerprint density at radius 3 is 2.54 bits per heavy atom. The quantitative estimate of drug-likeness (QED) is 0.179. The maximum absolute atomic E-state index is 12.3. The van der Waals surface area contributed by atoms with Crippen molar-refractivity contribution in [1.29, 1.82) is 0 Å². The lowest BCUT2D eigenvalue weighted by Gasteiger charge is -2.19. The maximum atomic E-state index is 12.3. The van der Waals surface area contributed by atoms with Crippen LogP contribution in [0.4, 0.5) is 0 Å². The molecule has 0 aliphatic heterocycles. The van der Waals surface area contributed by atoms with Crippen LogP contribution in [0.3, 0.4) is 0 Å². The minimum atomic E-state index is -3.54. The number of rotatable bonds is 11. The van der Waals surface area contributed by atoms with Crippen LogP contribution in [0.2, 0.25) is 0 Å². The number of hydrogen-bond donors (Lipinski definition) is 3. The lowest BCUT2D eigenvalue weighted by Crippen LogP contribution is -2.42. The number of ether oxygens (including phenoxy) is 1. The minimum Gasteiger partial charge on any atom is -0.383 e. The Hall–Kier alpha value is -0.910. The van der Waals surface area contributed by atoms with Gasteiger partial charge in [-0.25, -0.2) is 13.1 Å². The lowest BCUT2D eigenvalue weighted by molar-refractivity contribution is 0.204. The van der Waals surface area contributed by atoms with Gasteiger partial charge in [0.1, 0.15) is 0 Å². The van der Waals surface area contributed by atoms with Crippen LogP contribution < -0.4 is 15.4 Å². The number of halogens is 1. The van der Waals surface area contributed by atoms with E-state index in [1.807, 2.05) is 6.07 Å². The van der Waals surface area contributed by atoms with Gasteiger partial charge in [0.05, 0.1) is 11.5 Å². The smallest absolute Gasteiger partial charge is 0.240 e. The largest absolute Gasteiger partial charge is 0.383 e. The highest BCUT2D eigenvalue weighted by Crippen LogP contribution is 2.11. The van der Waals surface area contributed by atoms with E-state index in [0.717, 1.165) is 18.4 Å².